The fraction of sp³-hybridized carbons (Fsp3) is 0.500. The van der Waals surface area contributed by atoms with Gasteiger partial charge >= 0.3 is 6.09 Å². The summed E-state index contributed by atoms with van der Waals surface area (Å²) < 4.78 is 4.69. The molecule has 0 aliphatic carbocycles. The second-order valence-electron chi connectivity index (χ2n) is 2.26. The molecular formula is C8H12ClNO3. The molecule has 0 aromatic heterocycles. The zero-order valence-electron chi connectivity index (χ0n) is 7.46. The number of ether oxygens (including phenoxy) is 1. The van der Waals surface area contributed by atoms with Crippen molar-refractivity contribution in [3.63, 3.8) is 0 Å². The lowest BCUT2D eigenvalue weighted by atomic mass is 10.5. The molecule has 0 spiro atoms. The zero-order chi connectivity index (χ0) is 10.3. The minimum atomic E-state index is -0.559. The predicted octanol–water partition coefficient (Wildman–Crippen LogP) is 1.40. The van der Waals surface area contributed by atoms with Crippen LogP contribution in [0, 0.1) is 0 Å². The second-order valence-corrected chi connectivity index (χ2v) is 2.80. The Hall–Kier alpha value is -1.03. The lowest BCUT2D eigenvalue weighted by Gasteiger charge is -2.18. The van der Waals surface area contributed by atoms with E-state index in [1.807, 2.05) is 0 Å². The van der Waals surface area contributed by atoms with Crippen molar-refractivity contribution in [2.75, 3.05) is 19.7 Å². The normalized spacial score (nSPS) is 9.08. The number of hydrogen-bond acceptors (Lipinski definition) is 3. The Morgan fingerprint density at radius 1 is 1.69 bits per heavy atom. The Balaban J connectivity index is 4.13. The summed E-state index contributed by atoms with van der Waals surface area (Å²) in [6.45, 7) is 5.46. The number of carbonyl (C=O) groups excluding carboxylic acids is 2. The van der Waals surface area contributed by atoms with Crippen molar-refractivity contribution < 1.29 is 14.3 Å². The van der Waals surface area contributed by atoms with Crippen molar-refractivity contribution in [1.82, 2.24) is 4.90 Å². The van der Waals surface area contributed by atoms with Crippen LogP contribution in [0.15, 0.2) is 11.6 Å². The van der Waals surface area contributed by atoms with Crippen molar-refractivity contribution in [3.05, 3.63) is 11.6 Å². The summed E-state index contributed by atoms with van der Waals surface area (Å²) in [5, 5.41) is 0.287. The highest BCUT2D eigenvalue weighted by Gasteiger charge is 2.13. The average Bonchev–Trinajstić information content (AvgIpc) is 2.03. The van der Waals surface area contributed by atoms with Crippen LogP contribution in [0.3, 0.4) is 0 Å². The number of nitrogens with zero attached hydrogens (tertiary/aromatic N) is 1. The molecule has 0 saturated carbocycles. The first-order chi connectivity index (χ1) is 6.11. The van der Waals surface area contributed by atoms with E-state index in [2.05, 4.69) is 11.3 Å². The van der Waals surface area contributed by atoms with Crippen molar-refractivity contribution in [2.24, 2.45) is 0 Å². The fourth-order valence-corrected chi connectivity index (χ4v) is 0.860. The largest absolute Gasteiger partial charge is 0.450 e. The molecule has 0 rings (SSSR count). The third-order valence-electron chi connectivity index (χ3n) is 1.18. The summed E-state index contributed by atoms with van der Waals surface area (Å²) in [4.78, 5) is 22.5. The van der Waals surface area contributed by atoms with Crippen LogP contribution in [0.2, 0.25) is 0 Å². The van der Waals surface area contributed by atoms with Crippen molar-refractivity contribution in [3.8, 4) is 0 Å². The lowest BCUT2D eigenvalue weighted by Crippen LogP contribution is -2.34. The molecule has 0 aliphatic heterocycles. The van der Waals surface area contributed by atoms with Crippen LogP contribution >= 0.6 is 11.6 Å². The topological polar surface area (TPSA) is 46.6 Å². The van der Waals surface area contributed by atoms with Crippen LogP contribution in [0.4, 0.5) is 4.79 Å². The van der Waals surface area contributed by atoms with E-state index in [4.69, 9.17) is 11.6 Å². The molecule has 74 valence electrons. The van der Waals surface area contributed by atoms with E-state index < -0.39 is 6.09 Å². The SMILES string of the molecule is C=C(Cl)CN(CC=O)C(=O)OCC. The van der Waals surface area contributed by atoms with Gasteiger partial charge in [0.05, 0.1) is 19.7 Å². The summed E-state index contributed by atoms with van der Waals surface area (Å²) in [7, 11) is 0. The molecule has 4 nitrogen and oxygen atoms in total. The van der Waals surface area contributed by atoms with Gasteiger partial charge in [-0.2, -0.15) is 0 Å². The molecule has 0 radical (unpaired) electrons. The van der Waals surface area contributed by atoms with E-state index in [0.717, 1.165) is 0 Å². The number of hydrogen-bond donors (Lipinski definition) is 0. The van der Waals surface area contributed by atoms with Gasteiger partial charge in [0, 0.05) is 5.03 Å². The Labute approximate surface area is 82.1 Å². The molecule has 0 atom stereocenters. The highest BCUT2D eigenvalue weighted by atomic mass is 35.5. The van der Waals surface area contributed by atoms with Crippen molar-refractivity contribution >= 4 is 24.0 Å². The van der Waals surface area contributed by atoms with Crippen molar-refractivity contribution in [2.45, 2.75) is 6.92 Å². The summed E-state index contributed by atoms with van der Waals surface area (Å²) in [5.74, 6) is 0. The summed E-state index contributed by atoms with van der Waals surface area (Å²) >= 11 is 5.49. The number of aldehydes is 1. The standard InChI is InChI=1S/C8H12ClNO3/c1-3-13-8(12)10(4-5-11)6-7(2)9/h5H,2-4,6H2,1H3. The molecule has 1 amide bonds. The van der Waals surface area contributed by atoms with E-state index in [1.54, 1.807) is 6.92 Å². The molecule has 0 heterocycles. The highest BCUT2D eigenvalue weighted by molar-refractivity contribution is 6.29. The second kappa shape index (κ2) is 6.48. The van der Waals surface area contributed by atoms with Gasteiger partial charge in [-0.1, -0.05) is 18.2 Å². The van der Waals surface area contributed by atoms with Crippen molar-refractivity contribution in [1.29, 1.82) is 0 Å². The van der Waals surface area contributed by atoms with Gasteiger partial charge in [-0.3, -0.25) is 4.90 Å². The average molecular weight is 206 g/mol. The first-order valence-corrected chi connectivity index (χ1v) is 4.18. The number of rotatable bonds is 5. The van der Waals surface area contributed by atoms with E-state index in [-0.39, 0.29) is 24.7 Å². The summed E-state index contributed by atoms with van der Waals surface area (Å²) in [6.07, 6.45) is 0.0490. The van der Waals surface area contributed by atoms with Crippen LogP contribution in [0.5, 0.6) is 0 Å². The maximum Gasteiger partial charge on any atom is 0.410 e. The molecule has 0 saturated heterocycles. The Morgan fingerprint density at radius 2 is 2.31 bits per heavy atom. The predicted molar refractivity (Wildman–Crippen MR) is 49.7 cm³/mol. The van der Waals surface area contributed by atoms with E-state index in [0.29, 0.717) is 6.29 Å². The first kappa shape index (κ1) is 12.0. The molecule has 13 heavy (non-hydrogen) atoms. The fourth-order valence-electron chi connectivity index (χ4n) is 0.715. The lowest BCUT2D eigenvalue weighted by molar-refractivity contribution is -0.108. The molecule has 0 unspecified atom stereocenters. The number of halogens is 1. The zero-order valence-corrected chi connectivity index (χ0v) is 8.21. The highest BCUT2D eigenvalue weighted by Crippen LogP contribution is 2.02. The molecule has 0 aliphatic rings. The number of amides is 1. The molecule has 5 heteroatoms. The van der Waals surface area contributed by atoms with Gasteiger partial charge in [0.2, 0.25) is 0 Å². The summed E-state index contributed by atoms with van der Waals surface area (Å²) in [6, 6.07) is 0. The van der Waals surface area contributed by atoms with Crippen LogP contribution in [0.25, 0.3) is 0 Å². The number of carbonyl (C=O) groups is 2. The van der Waals surface area contributed by atoms with Crippen LogP contribution in [-0.4, -0.2) is 37.0 Å². The third-order valence-corrected chi connectivity index (χ3v) is 1.30. The van der Waals surface area contributed by atoms with Crippen LogP contribution < -0.4 is 0 Å². The Morgan fingerprint density at radius 3 is 2.69 bits per heavy atom. The molecule has 0 fully saturated rings. The minimum Gasteiger partial charge on any atom is -0.450 e. The quantitative estimate of drug-likeness (QED) is 0.638. The molecular weight excluding hydrogens is 194 g/mol. The van der Waals surface area contributed by atoms with Gasteiger partial charge < -0.3 is 9.53 Å². The maximum atomic E-state index is 11.1. The molecule has 0 N–H and O–H groups in total. The third kappa shape index (κ3) is 5.25. The van der Waals surface area contributed by atoms with Gasteiger partial charge in [0.1, 0.15) is 6.29 Å². The van der Waals surface area contributed by atoms with Gasteiger partial charge in [-0.15, -0.1) is 0 Å². The molecule has 0 aromatic rings. The van der Waals surface area contributed by atoms with Crippen LogP contribution in [0.1, 0.15) is 6.92 Å². The smallest absolute Gasteiger partial charge is 0.410 e. The Bertz CT molecular complexity index is 206. The Kier molecular flexibility index (Phi) is 5.97. The summed E-state index contributed by atoms with van der Waals surface area (Å²) in [5.41, 5.74) is 0. The van der Waals surface area contributed by atoms with E-state index in [1.165, 1.54) is 4.90 Å². The monoisotopic (exact) mass is 205 g/mol. The van der Waals surface area contributed by atoms with Gasteiger partial charge in [-0.05, 0) is 6.92 Å². The van der Waals surface area contributed by atoms with Gasteiger partial charge in [-0.25, -0.2) is 4.79 Å². The van der Waals surface area contributed by atoms with E-state index in [9.17, 15) is 9.59 Å². The van der Waals surface area contributed by atoms with Gasteiger partial charge in [0.15, 0.2) is 0 Å². The van der Waals surface area contributed by atoms with E-state index >= 15 is 0 Å². The van der Waals surface area contributed by atoms with Crippen LogP contribution in [-0.2, 0) is 9.53 Å². The minimum absolute atomic E-state index is 0.0371. The van der Waals surface area contributed by atoms with Gasteiger partial charge in [0.25, 0.3) is 0 Å². The maximum absolute atomic E-state index is 11.1. The first-order valence-electron chi connectivity index (χ1n) is 3.80. The molecule has 0 aromatic carbocycles. The molecule has 0 bridgehead atoms.